The summed E-state index contributed by atoms with van der Waals surface area (Å²) in [7, 11) is 0. The number of amides is 1. The molecule has 1 aliphatic rings. The van der Waals surface area contributed by atoms with Crippen molar-refractivity contribution in [1.82, 2.24) is 5.32 Å². The van der Waals surface area contributed by atoms with Crippen molar-refractivity contribution in [2.24, 2.45) is 0 Å². The van der Waals surface area contributed by atoms with Crippen LogP contribution in [-0.2, 0) is 16.0 Å². The van der Waals surface area contributed by atoms with Gasteiger partial charge in [0.2, 0.25) is 5.91 Å². The summed E-state index contributed by atoms with van der Waals surface area (Å²) in [5.41, 5.74) is 4.91. The topological polar surface area (TPSA) is 92.6 Å². The zero-order valence-corrected chi connectivity index (χ0v) is 17.6. The summed E-state index contributed by atoms with van der Waals surface area (Å²) in [5.74, 6) is -0.700. The maximum atomic E-state index is 13.9. The number of nitrogens with one attached hydrogen (secondary N) is 1. The number of allylic oxidation sites excluding steroid dienone is 2. The fourth-order valence-electron chi connectivity index (χ4n) is 3.42. The number of aliphatic hydroxyl groups excluding tert-OH is 2. The van der Waals surface area contributed by atoms with Gasteiger partial charge in [0, 0.05) is 6.54 Å². The van der Waals surface area contributed by atoms with Crippen LogP contribution in [0.15, 0.2) is 52.9 Å². The smallest absolute Gasteiger partial charge is 0.224 e. The highest BCUT2D eigenvalue weighted by Gasteiger charge is 2.26. The first-order valence-electron chi connectivity index (χ1n) is 9.51. The minimum absolute atomic E-state index is 0.0333. The molecule has 2 aromatic carbocycles. The first kappa shape index (κ1) is 22.2. The predicted octanol–water partition coefficient (Wildman–Crippen LogP) is 2.75. The number of hydrogen-bond donors (Lipinski definition) is 3. The molecule has 0 radical (unpaired) electrons. The lowest BCUT2D eigenvalue weighted by Crippen LogP contribution is -2.33. The molecule has 0 saturated carbocycles. The highest BCUT2D eigenvalue weighted by molar-refractivity contribution is 7.90. The number of carbonyl (C=O) groups excluding carboxylic acids is 1. The van der Waals surface area contributed by atoms with Gasteiger partial charge < -0.3 is 20.1 Å². The quantitative estimate of drug-likeness (QED) is 0.590. The van der Waals surface area contributed by atoms with E-state index < -0.39 is 23.9 Å². The molecule has 1 amide bonds. The van der Waals surface area contributed by atoms with E-state index in [0.717, 1.165) is 32.7 Å². The van der Waals surface area contributed by atoms with Crippen LogP contribution >= 0.6 is 0 Å². The van der Waals surface area contributed by atoms with E-state index in [9.17, 15) is 18.8 Å². The SMILES string of the molecule is CC1=C(CC(=O)NCC(O)CO)c2cc(F)ccc2/C1=C\c1ccc([S+](C)[O-])cc1. The van der Waals surface area contributed by atoms with Crippen LogP contribution in [0.25, 0.3) is 17.2 Å². The zero-order chi connectivity index (χ0) is 21.8. The van der Waals surface area contributed by atoms with Crippen molar-refractivity contribution in [1.29, 1.82) is 0 Å². The molecule has 0 bridgehead atoms. The van der Waals surface area contributed by atoms with Gasteiger partial charge in [0.05, 0.1) is 19.1 Å². The average Bonchev–Trinajstić information content (AvgIpc) is 2.97. The summed E-state index contributed by atoms with van der Waals surface area (Å²) in [5, 5.41) is 20.9. The third-order valence-electron chi connectivity index (χ3n) is 5.06. The van der Waals surface area contributed by atoms with Crippen molar-refractivity contribution in [3.05, 3.63) is 70.5 Å². The largest absolute Gasteiger partial charge is 0.612 e. The van der Waals surface area contributed by atoms with Crippen molar-refractivity contribution >= 4 is 34.3 Å². The number of rotatable bonds is 7. The number of aliphatic hydroxyl groups is 2. The van der Waals surface area contributed by atoms with Crippen molar-refractivity contribution in [3.8, 4) is 0 Å². The van der Waals surface area contributed by atoms with Gasteiger partial charge in [0.1, 0.15) is 12.1 Å². The zero-order valence-electron chi connectivity index (χ0n) is 16.8. The van der Waals surface area contributed by atoms with Crippen LogP contribution in [0.5, 0.6) is 0 Å². The lowest BCUT2D eigenvalue weighted by molar-refractivity contribution is -0.120. The fraction of sp³-hybridized carbons (Fsp3) is 0.261. The minimum atomic E-state index is -1.06. The van der Waals surface area contributed by atoms with Gasteiger partial charge in [-0.25, -0.2) is 4.39 Å². The lowest BCUT2D eigenvalue weighted by atomic mass is 10.0. The number of benzene rings is 2. The summed E-state index contributed by atoms with van der Waals surface area (Å²) in [6.07, 6.45) is 2.60. The Morgan fingerprint density at radius 1 is 1.23 bits per heavy atom. The monoisotopic (exact) mass is 429 g/mol. The van der Waals surface area contributed by atoms with Gasteiger partial charge >= 0.3 is 0 Å². The Kier molecular flexibility index (Phi) is 7.10. The Morgan fingerprint density at radius 2 is 1.93 bits per heavy atom. The Labute approximate surface area is 178 Å². The lowest BCUT2D eigenvalue weighted by Gasteiger charge is -2.10. The van der Waals surface area contributed by atoms with E-state index in [1.807, 2.05) is 37.3 Å². The van der Waals surface area contributed by atoms with Crippen LogP contribution in [0.4, 0.5) is 4.39 Å². The molecule has 0 heterocycles. The molecule has 2 unspecified atom stereocenters. The van der Waals surface area contributed by atoms with Crippen LogP contribution < -0.4 is 5.32 Å². The van der Waals surface area contributed by atoms with E-state index in [0.29, 0.717) is 5.56 Å². The maximum Gasteiger partial charge on any atom is 0.224 e. The van der Waals surface area contributed by atoms with E-state index in [-0.39, 0.29) is 24.7 Å². The van der Waals surface area contributed by atoms with Crippen molar-refractivity contribution in [2.75, 3.05) is 19.4 Å². The molecular formula is C23H24FNO4S. The number of hydrogen-bond acceptors (Lipinski definition) is 4. The molecule has 7 heteroatoms. The van der Waals surface area contributed by atoms with Crippen LogP contribution in [0.1, 0.15) is 30.0 Å². The Hall–Kier alpha value is -2.45. The van der Waals surface area contributed by atoms with Crippen LogP contribution in [0.2, 0.25) is 0 Å². The van der Waals surface area contributed by atoms with Gasteiger partial charge in [-0.3, -0.25) is 4.79 Å². The normalized spacial score (nSPS) is 16.5. The van der Waals surface area contributed by atoms with Gasteiger partial charge in [-0.1, -0.05) is 6.07 Å². The van der Waals surface area contributed by atoms with Gasteiger partial charge in [0.15, 0.2) is 4.90 Å². The fourth-order valence-corrected chi connectivity index (χ4v) is 3.94. The summed E-state index contributed by atoms with van der Waals surface area (Å²) < 4.78 is 25.5. The van der Waals surface area contributed by atoms with E-state index in [1.165, 1.54) is 12.1 Å². The van der Waals surface area contributed by atoms with Gasteiger partial charge in [-0.15, -0.1) is 0 Å². The third-order valence-corrected chi connectivity index (χ3v) is 6.00. The molecule has 0 saturated heterocycles. The number of fused-ring (bicyclic) bond motifs is 1. The van der Waals surface area contributed by atoms with Crippen molar-refractivity contribution < 1.29 is 24.0 Å². The molecule has 3 rings (SSSR count). The van der Waals surface area contributed by atoms with Crippen LogP contribution in [-0.4, -0.2) is 46.2 Å². The summed E-state index contributed by atoms with van der Waals surface area (Å²) in [4.78, 5) is 13.1. The predicted molar refractivity (Wildman–Crippen MR) is 116 cm³/mol. The molecule has 2 atom stereocenters. The minimum Gasteiger partial charge on any atom is -0.612 e. The van der Waals surface area contributed by atoms with E-state index in [1.54, 1.807) is 12.3 Å². The highest BCUT2D eigenvalue weighted by Crippen LogP contribution is 2.43. The molecule has 1 aliphatic carbocycles. The molecule has 5 nitrogen and oxygen atoms in total. The van der Waals surface area contributed by atoms with E-state index >= 15 is 0 Å². The average molecular weight is 430 g/mol. The van der Waals surface area contributed by atoms with Crippen LogP contribution in [0.3, 0.4) is 0 Å². The molecule has 0 aliphatic heterocycles. The number of halogens is 1. The van der Waals surface area contributed by atoms with Crippen molar-refractivity contribution in [2.45, 2.75) is 24.3 Å². The van der Waals surface area contributed by atoms with Crippen LogP contribution in [0, 0.1) is 5.82 Å². The Morgan fingerprint density at radius 3 is 2.57 bits per heavy atom. The molecule has 0 spiro atoms. The molecule has 158 valence electrons. The van der Waals surface area contributed by atoms with Gasteiger partial charge in [-0.2, -0.15) is 0 Å². The molecule has 3 N–H and O–H groups in total. The van der Waals surface area contributed by atoms with Gasteiger partial charge in [0.25, 0.3) is 0 Å². The van der Waals surface area contributed by atoms with Crippen molar-refractivity contribution in [3.63, 3.8) is 0 Å². The molecule has 0 fully saturated rings. The maximum absolute atomic E-state index is 13.9. The molecule has 2 aromatic rings. The Balaban J connectivity index is 1.93. The van der Waals surface area contributed by atoms with E-state index in [4.69, 9.17) is 5.11 Å². The summed E-state index contributed by atoms with van der Waals surface area (Å²) >= 11 is -1.06. The molecule has 30 heavy (non-hydrogen) atoms. The second kappa shape index (κ2) is 9.57. The van der Waals surface area contributed by atoms with E-state index in [2.05, 4.69) is 5.32 Å². The third kappa shape index (κ3) is 4.99. The Bertz CT molecular complexity index is 999. The molecule has 0 aromatic heterocycles. The second-order valence-electron chi connectivity index (χ2n) is 7.19. The van der Waals surface area contributed by atoms with Gasteiger partial charge in [-0.05, 0) is 94.0 Å². The second-order valence-corrected chi connectivity index (χ2v) is 8.57. The standard InChI is InChI=1S/C23H24FNO4S/c1-14-20(9-15-3-6-18(7-4-15)30(2)29)19-8-5-16(24)10-22(19)21(14)11-23(28)25-12-17(27)13-26/h3-10,17,26-27H,11-13H2,1-2H3,(H,25,28)/b20-9-. The first-order chi connectivity index (χ1) is 14.3. The number of carbonyl (C=O) groups is 1. The molecular weight excluding hydrogens is 405 g/mol. The highest BCUT2D eigenvalue weighted by atomic mass is 32.2. The first-order valence-corrected chi connectivity index (χ1v) is 11.1. The summed E-state index contributed by atoms with van der Waals surface area (Å²) in [6, 6.07) is 11.9. The summed E-state index contributed by atoms with van der Waals surface area (Å²) in [6.45, 7) is 1.41.